The molecule has 0 aliphatic rings. The number of hydrogen-bond donors (Lipinski definition) is 1. The summed E-state index contributed by atoms with van der Waals surface area (Å²) in [6.07, 6.45) is 1.69. The number of rotatable bonds is 3. The molecule has 1 N–H and O–H groups in total. The van der Waals surface area contributed by atoms with Crippen LogP contribution in [0.25, 0.3) is 0 Å². The fourth-order valence-corrected chi connectivity index (χ4v) is 1.84. The molecule has 0 aliphatic carbocycles. The predicted molar refractivity (Wildman–Crippen MR) is 70.8 cm³/mol. The van der Waals surface area contributed by atoms with E-state index in [0.29, 0.717) is 17.3 Å². The highest BCUT2D eigenvalue weighted by molar-refractivity contribution is 6.41. The van der Waals surface area contributed by atoms with E-state index in [1.165, 1.54) is 6.07 Å². The Labute approximate surface area is 115 Å². The van der Waals surface area contributed by atoms with Gasteiger partial charge < -0.3 is 9.88 Å². The van der Waals surface area contributed by atoms with Gasteiger partial charge in [0, 0.05) is 13.2 Å². The number of carbonyl (C=O) groups excluding carboxylic acids is 1. The van der Waals surface area contributed by atoms with Crippen LogP contribution in [0.5, 0.6) is 0 Å². The zero-order valence-electron chi connectivity index (χ0n) is 9.65. The van der Waals surface area contributed by atoms with Gasteiger partial charge in [-0.15, -0.1) is 0 Å². The van der Waals surface area contributed by atoms with Gasteiger partial charge in [-0.25, -0.2) is 0 Å². The Kier molecular flexibility index (Phi) is 3.89. The third-order valence-electron chi connectivity index (χ3n) is 2.43. The van der Waals surface area contributed by atoms with Crippen LogP contribution in [-0.2, 0) is 6.54 Å². The lowest BCUT2D eigenvalue weighted by Crippen LogP contribution is -2.26. The highest BCUT2D eigenvalue weighted by Crippen LogP contribution is 2.22. The monoisotopic (exact) mass is 283 g/mol. The smallest absolute Gasteiger partial charge is 0.270 e. The van der Waals surface area contributed by atoms with Crippen LogP contribution in [-0.4, -0.2) is 27.8 Å². The topological polar surface area (TPSA) is 49.0 Å². The van der Waals surface area contributed by atoms with E-state index in [2.05, 4.69) is 9.97 Å². The van der Waals surface area contributed by atoms with Crippen molar-refractivity contribution in [1.82, 2.24) is 14.9 Å². The second-order valence-electron chi connectivity index (χ2n) is 3.83. The third kappa shape index (κ3) is 2.83. The van der Waals surface area contributed by atoms with Crippen molar-refractivity contribution < 1.29 is 4.79 Å². The Bertz CT molecular complexity index is 534. The lowest BCUT2D eigenvalue weighted by Gasteiger charge is -2.15. The number of halogens is 2. The number of nitrogens with zero attached hydrogens (tertiary/aromatic N) is 2. The Morgan fingerprint density at radius 2 is 2.22 bits per heavy atom. The van der Waals surface area contributed by atoms with Crippen LogP contribution in [0.3, 0.4) is 0 Å². The predicted octanol–water partition coefficient (Wildman–Crippen LogP) is 2.99. The molecule has 4 nitrogen and oxygen atoms in total. The van der Waals surface area contributed by atoms with Crippen LogP contribution in [0.4, 0.5) is 0 Å². The van der Waals surface area contributed by atoms with Gasteiger partial charge in [0.15, 0.2) is 0 Å². The lowest BCUT2D eigenvalue weighted by molar-refractivity contribution is 0.0778. The molecule has 0 aromatic carbocycles. The van der Waals surface area contributed by atoms with E-state index in [4.69, 9.17) is 23.2 Å². The van der Waals surface area contributed by atoms with Gasteiger partial charge in [0.2, 0.25) is 0 Å². The average Bonchev–Trinajstić information content (AvgIpc) is 2.70. The molecule has 0 saturated heterocycles. The summed E-state index contributed by atoms with van der Waals surface area (Å²) in [5.74, 6) is -0.186. The standard InChI is InChI=1S/C12H11Cl2N3O/c1-17(7-8-4-2-3-5-15-8)12(18)10-6-9(13)11(14)16-10/h2-6,16H,7H2,1H3. The van der Waals surface area contributed by atoms with Gasteiger partial charge >= 0.3 is 0 Å². The molecule has 0 atom stereocenters. The summed E-state index contributed by atoms with van der Waals surface area (Å²) in [6.45, 7) is 0.425. The molecule has 2 heterocycles. The molecule has 0 saturated carbocycles. The molecule has 6 heteroatoms. The molecular formula is C12H11Cl2N3O. The van der Waals surface area contributed by atoms with Crippen molar-refractivity contribution in [1.29, 1.82) is 0 Å². The molecule has 2 rings (SSSR count). The molecule has 0 unspecified atom stereocenters. The van der Waals surface area contributed by atoms with Crippen molar-refractivity contribution in [2.45, 2.75) is 6.54 Å². The molecule has 0 radical (unpaired) electrons. The number of aromatic nitrogens is 2. The number of amides is 1. The first kappa shape index (κ1) is 12.9. The number of pyridine rings is 1. The lowest BCUT2D eigenvalue weighted by atomic mass is 10.3. The quantitative estimate of drug-likeness (QED) is 0.942. The van der Waals surface area contributed by atoms with Gasteiger partial charge in [0.25, 0.3) is 5.91 Å². The summed E-state index contributed by atoms with van der Waals surface area (Å²) in [4.78, 5) is 20.5. The van der Waals surface area contributed by atoms with Gasteiger partial charge in [0.1, 0.15) is 10.8 Å². The van der Waals surface area contributed by atoms with Gasteiger partial charge in [-0.05, 0) is 18.2 Å². The SMILES string of the molecule is CN(Cc1ccccn1)C(=O)c1cc(Cl)c(Cl)[nH]1. The van der Waals surface area contributed by atoms with E-state index in [1.54, 1.807) is 18.1 Å². The minimum Gasteiger partial charge on any atom is -0.340 e. The van der Waals surface area contributed by atoms with Crippen molar-refractivity contribution >= 4 is 29.1 Å². The highest BCUT2D eigenvalue weighted by atomic mass is 35.5. The van der Waals surface area contributed by atoms with Crippen molar-refractivity contribution in [3.8, 4) is 0 Å². The molecule has 0 bridgehead atoms. The Hall–Kier alpha value is -1.52. The first-order chi connectivity index (χ1) is 8.58. The zero-order chi connectivity index (χ0) is 13.1. The summed E-state index contributed by atoms with van der Waals surface area (Å²) in [5, 5.41) is 0.609. The van der Waals surface area contributed by atoms with E-state index in [-0.39, 0.29) is 11.1 Å². The largest absolute Gasteiger partial charge is 0.340 e. The summed E-state index contributed by atoms with van der Waals surface area (Å²) in [5.41, 5.74) is 1.18. The Balaban J connectivity index is 2.09. The first-order valence-electron chi connectivity index (χ1n) is 5.27. The summed E-state index contributed by atoms with van der Waals surface area (Å²) in [7, 11) is 1.69. The summed E-state index contributed by atoms with van der Waals surface area (Å²) in [6, 6.07) is 7.08. The van der Waals surface area contributed by atoms with E-state index in [9.17, 15) is 4.79 Å². The van der Waals surface area contributed by atoms with Gasteiger partial charge in [-0.2, -0.15) is 0 Å². The molecule has 0 fully saturated rings. The zero-order valence-corrected chi connectivity index (χ0v) is 11.2. The molecular weight excluding hydrogens is 273 g/mol. The number of nitrogens with one attached hydrogen (secondary N) is 1. The number of carbonyl (C=O) groups is 1. The third-order valence-corrected chi connectivity index (χ3v) is 3.12. The fourth-order valence-electron chi connectivity index (χ4n) is 1.53. The second kappa shape index (κ2) is 5.42. The molecule has 18 heavy (non-hydrogen) atoms. The van der Waals surface area contributed by atoms with Crippen LogP contribution < -0.4 is 0 Å². The van der Waals surface area contributed by atoms with Crippen LogP contribution in [0.2, 0.25) is 10.2 Å². The maximum Gasteiger partial charge on any atom is 0.270 e. The number of aromatic amines is 1. The fraction of sp³-hybridized carbons (Fsp3) is 0.167. The van der Waals surface area contributed by atoms with Crippen molar-refractivity contribution in [2.24, 2.45) is 0 Å². The Morgan fingerprint density at radius 3 is 2.78 bits per heavy atom. The van der Waals surface area contributed by atoms with E-state index < -0.39 is 0 Å². The minimum absolute atomic E-state index is 0.186. The minimum atomic E-state index is -0.186. The van der Waals surface area contributed by atoms with Crippen molar-refractivity contribution in [3.63, 3.8) is 0 Å². The second-order valence-corrected chi connectivity index (χ2v) is 4.61. The van der Waals surface area contributed by atoms with Crippen molar-refractivity contribution in [3.05, 3.63) is 52.0 Å². The number of H-pyrrole nitrogens is 1. The van der Waals surface area contributed by atoms with Crippen LogP contribution >= 0.6 is 23.2 Å². The van der Waals surface area contributed by atoms with Gasteiger partial charge in [0.05, 0.1) is 17.3 Å². The highest BCUT2D eigenvalue weighted by Gasteiger charge is 2.16. The van der Waals surface area contributed by atoms with E-state index in [0.717, 1.165) is 5.69 Å². The molecule has 2 aromatic rings. The summed E-state index contributed by atoms with van der Waals surface area (Å²) >= 11 is 11.6. The number of hydrogen-bond acceptors (Lipinski definition) is 2. The van der Waals surface area contributed by atoms with E-state index in [1.807, 2.05) is 18.2 Å². The molecule has 1 amide bonds. The molecule has 94 valence electrons. The molecule has 0 spiro atoms. The molecule has 0 aliphatic heterocycles. The Morgan fingerprint density at radius 1 is 1.44 bits per heavy atom. The van der Waals surface area contributed by atoms with Crippen LogP contribution in [0.1, 0.15) is 16.2 Å². The summed E-state index contributed by atoms with van der Waals surface area (Å²) < 4.78 is 0. The average molecular weight is 284 g/mol. The first-order valence-corrected chi connectivity index (χ1v) is 6.03. The van der Waals surface area contributed by atoms with Crippen LogP contribution in [0, 0.1) is 0 Å². The van der Waals surface area contributed by atoms with Gasteiger partial charge in [-0.1, -0.05) is 29.3 Å². The maximum absolute atomic E-state index is 12.1. The van der Waals surface area contributed by atoms with Crippen molar-refractivity contribution in [2.75, 3.05) is 7.05 Å². The van der Waals surface area contributed by atoms with Gasteiger partial charge in [-0.3, -0.25) is 9.78 Å². The normalized spacial score (nSPS) is 10.4. The maximum atomic E-state index is 12.1. The van der Waals surface area contributed by atoms with Crippen LogP contribution in [0.15, 0.2) is 30.5 Å². The van der Waals surface area contributed by atoms with E-state index >= 15 is 0 Å². The molecule has 2 aromatic heterocycles.